The van der Waals surface area contributed by atoms with Crippen LogP contribution in [0.4, 0.5) is 10.1 Å². The van der Waals surface area contributed by atoms with Crippen molar-refractivity contribution in [3.63, 3.8) is 0 Å². The van der Waals surface area contributed by atoms with Gasteiger partial charge in [0.15, 0.2) is 0 Å². The summed E-state index contributed by atoms with van der Waals surface area (Å²) in [5, 5.41) is 0.692. The van der Waals surface area contributed by atoms with Gasteiger partial charge in [0.25, 0.3) is 0 Å². The third kappa shape index (κ3) is 1.89. The third-order valence-corrected chi connectivity index (χ3v) is 4.15. The fourth-order valence-electron chi connectivity index (χ4n) is 1.86. The van der Waals surface area contributed by atoms with Gasteiger partial charge in [-0.1, -0.05) is 18.2 Å². The van der Waals surface area contributed by atoms with Gasteiger partial charge in [0.2, 0.25) is 0 Å². The van der Waals surface area contributed by atoms with Crippen LogP contribution in [0.15, 0.2) is 53.9 Å². The Morgan fingerprint density at radius 3 is 2.56 bits per heavy atom. The molecule has 2 aromatic carbocycles. The monoisotopic (exact) mass is 277 g/mol. The number of anilines is 1. The van der Waals surface area contributed by atoms with E-state index in [-0.39, 0.29) is 5.82 Å². The molecule has 0 saturated carbocycles. The molecule has 18 heavy (non-hydrogen) atoms. The minimum atomic E-state index is -0.230. The fourth-order valence-corrected chi connectivity index (χ4v) is 3.07. The standard InChI is InChI=1S/C14H9ClFNS/c1-9-13-7-4-11(16)8-14(13)18-17(9)12-5-2-10(15)3-6-12/h2-8H,1H2. The zero-order valence-electron chi connectivity index (χ0n) is 9.36. The Balaban J connectivity index is 1.99. The molecule has 0 unspecified atom stereocenters. The van der Waals surface area contributed by atoms with Crippen molar-refractivity contribution in [2.45, 2.75) is 4.90 Å². The molecule has 1 heterocycles. The minimum Gasteiger partial charge on any atom is -0.280 e. The Hall–Kier alpha value is -1.45. The average Bonchev–Trinajstić information content (AvgIpc) is 2.67. The lowest BCUT2D eigenvalue weighted by Crippen LogP contribution is -2.04. The summed E-state index contributed by atoms with van der Waals surface area (Å²) in [7, 11) is 0. The zero-order valence-corrected chi connectivity index (χ0v) is 10.9. The highest BCUT2D eigenvalue weighted by Crippen LogP contribution is 2.45. The van der Waals surface area contributed by atoms with E-state index in [0.717, 1.165) is 21.8 Å². The SMILES string of the molecule is C=C1c2ccc(F)cc2SN1c1ccc(Cl)cc1. The average molecular weight is 278 g/mol. The van der Waals surface area contributed by atoms with E-state index in [1.807, 2.05) is 28.6 Å². The van der Waals surface area contributed by atoms with E-state index >= 15 is 0 Å². The summed E-state index contributed by atoms with van der Waals surface area (Å²) in [6.07, 6.45) is 0. The molecule has 0 N–H and O–H groups in total. The second-order valence-corrected chi connectivity index (χ2v) is 5.37. The summed E-state index contributed by atoms with van der Waals surface area (Å²) in [5.41, 5.74) is 2.81. The maximum Gasteiger partial charge on any atom is 0.124 e. The molecule has 4 heteroatoms. The van der Waals surface area contributed by atoms with Crippen molar-refractivity contribution in [1.29, 1.82) is 0 Å². The van der Waals surface area contributed by atoms with Gasteiger partial charge < -0.3 is 0 Å². The molecule has 0 radical (unpaired) electrons. The van der Waals surface area contributed by atoms with Crippen molar-refractivity contribution < 1.29 is 4.39 Å². The van der Waals surface area contributed by atoms with Crippen molar-refractivity contribution >= 4 is 34.9 Å². The highest BCUT2D eigenvalue weighted by atomic mass is 35.5. The van der Waals surface area contributed by atoms with Gasteiger partial charge in [0.05, 0.1) is 11.4 Å². The molecule has 0 fully saturated rings. The molecule has 1 aliphatic heterocycles. The van der Waals surface area contributed by atoms with Crippen LogP contribution in [-0.2, 0) is 0 Å². The number of benzene rings is 2. The minimum absolute atomic E-state index is 0.230. The van der Waals surface area contributed by atoms with Crippen LogP contribution in [-0.4, -0.2) is 0 Å². The third-order valence-electron chi connectivity index (χ3n) is 2.75. The Bertz CT molecular complexity index is 624. The van der Waals surface area contributed by atoms with E-state index in [2.05, 4.69) is 6.58 Å². The molecule has 90 valence electrons. The fraction of sp³-hybridized carbons (Fsp3) is 0. The number of rotatable bonds is 1. The molecule has 0 spiro atoms. The van der Waals surface area contributed by atoms with Gasteiger partial charge in [-0.2, -0.15) is 0 Å². The molecule has 0 amide bonds. The molecule has 1 aliphatic rings. The van der Waals surface area contributed by atoms with Crippen molar-refractivity contribution in [2.75, 3.05) is 4.31 Å². The second-order valence-electron chi connectivity index (χ2n) is 3.95. The second kappa shape index (κ2) is 4.34. The molecule has 0 atom stereocenters. The summed E-state index contributed by atoms with van der Waals surface area (Å²) in [6, 6.07) is 12.2. The molecule has 0 aliphatic carbocycles. The van der Waals surface area contributed by atoms with E-state index in [9.17, 15) is 4.39 Å². The maximum atomic E-state index is 13.2. The Kier molecular flexibility index (Phi) is 2.80. The molecule has 1 nitrogen and oxygen atoms in total. The van der Waals surface area contributed by atoms with Crippen LogP contribution >= 0.6 is 23.5 Å². The Labute approximate surface area is 114 Å². The van der Waals surface area contributed by atoms with Crippen LogP contribution < -0.4 is 4.31 Å². The van der Waals surface area contributed by atoms with E-state index in [4.69, 9.17) is 11.6 Å². The first-order valence-electron chi connectivity index (χ1n) is 5.37. The van der Waals surface area contributed by atoms with Gasteiger partial charge in [0.1, 0.15) is 5.82 Å². The van der Waals surface area contributed by atoms with Crippen LogP contribution in [0.2, 0.25) is 5.02 Å². The van der Waals surface area contributed by atoms with Crippen LogP contribution in [0.25, 0.3) is 5.70 Å². The lowest BCUT2D eigenvalue weighted by molar-refractivity contribution is 0.624. The number of halogens is 2. The first-order valence-corrected chi connectivity index (χ1v) is 6.53. The normalized spacial score (nSPS) is 13.9. The van der Waals surface area contributed by atoms with Crippen LogP contribution in [0, 0.1) is 5.82 Å². The molecule has 0 bridgehead atoms. The Morgan fingerprint density at radius 2 is 1.83 bits per heavy atom. The van der Waals surface area contributed by atoms with Crippen LogP contribution in [0.1, 0.15) is 5.56 Å². The zero-order chi connectivity index (χ0) is 12.7. The van der Waals surface area contributed by atoms with Gasteiger partial charge >= 0.3 is 0 Å². The first kappa shape index (κ1) is 11.6. The lowest BCUT2D eigenvalue weighted by atomic mass is 10.1. The summed E-state index contributed by atoms with van der Waals surface area (Å²) < 4.78 is 15.2. The summed E-state index contributed by atoms with van der Waals surface area (Å²) in [5.74, 6) is -0.230. The van der Waals surface area contributed by atoms with Crippen molar-refractivity contribution in [3.05, 3.63) is 65.4 Å². The molecule has 2 aromatic rings. The van der Waals surface area contributed by atoms with E-state index in [1.54, 1.807) is 6.07 Å². The smallest absolute Gasteiger partial charge is 0.124 e. The number of fused-ring (bicyclic) bond motifs is 1. The van der Waals surface area contributed by atoms with Gasteiger partial charge in [-0.05, 0) is 54.4 Å². The lowest BCUT2D eigenvalue weighted by Gasteiger charge is -2.17. The number of nitrogens with zero attached hydrogens (tertiary/aromatic N) is 1. The Morgan fingerprint density at radius 1 is 1.11 bits per heavy atom. The van der Waals surface area contributed by atoms with Gasteiger partial charge in [-0.15, -0.1) is 0 Å². The number of hydrogen-bond acceptors (Lipinski definition) is 2. The van der Waals surface area contributed by atoms with Crippen molar-refractivity contribution in [2.24, 2.45) is 0 Å². The summed E-state index contributed by atoms with van der Waals surface area (Å²) >= 11 is 7.34. The van der Waals surface area contributed by atoms with E-state index in [1.165, 1.54) is 24.1 Å². The van der Waals surface area contributed by atoms with E-state index in [0.29, 0.717) is 5.02 Å². The van der Waals surface area contributed by atoms with Crippen molar-refractivity contribution in [1.82, 2.24) is 0 Å². The van der Waals surface area contributed by atoms with Crippen LogP contribution in [0.5, 0.6) is 0 Å². The highest BCUT2D eigenvalue weighted by molar-refractivity contribution is 8.01. The molecule has 0 aromatic heterocycles. The molecule has 3 rings (SSSR count). The van der Waals surface area contributed by atoms with Crippen molar-refractivity contribution in [3.8, 4) is 0 Å². The van der Waals surface area contributed by atoms with Crippen LogP contribution in [0.3, 0.4) is 0 Å². The summed E-state index contributed by atoms with van der Waals surface area (Å²) in [4.78, 5) is 0.884. The predicted molar refractivity (Wildman–Crippen MR) is 75.2 cm³/mol. The number of hydrogen-bond donors (Lipinski definition) is 0. The topological polar surface area (TPSA) is 3.24 Å². The maximum absolute atomic E-state index is 13.2. The van der Waals surface area contributed by atoms with Gasteiger partial charge in [-0.3, -0.25) is 4.31 Å². The molecular formula is C14H9ClFNS. The summed E-state index contributed by atoms with van der Waals surface area (Å²) in [6.45, 7) is 4.06. The quantitative estimate of drug-likeness (QED) is 0.677. The first-order chi connectivity index (χ1) is 8.65. The van der Waals surface area contributed by atoms with Gasteiger partial charge in [-0.25, -0.2) is 4.39 Å². The largest absolute Gasteiger partial charge is 0.280 e. The predicted octanol–water partition coefficient (Wildman–Crippen LogP) is 4.98. The molecular weight excluding hydrogens is 269 g/mol. The van der Waals surface area contributed by atoms with Gasteiger partial charge in [0, 0.05) is 15.5 Å². The highest BCUT2D eigenvalue weighted by Gasteiger charge is 2.25. The van der Waals surface area contributed by atoms with E-state index < -0.39 is 0 Å². The molecule has 0 saturated heterocycles.